The third-order valence-electron chi connectivity index (χ3n) is 4.82. The van der Waals surface area contributed by atoms with Gasteiger partial charge in [0.25, 0.3) is 0 Å². The lowest BCUT2D eigenvalue weighted by Gasteiger charge is -2.13. The normalized spacial score (nSPS) is 20.2. The summed E-state index contributed by atoms with van der Waals surface area (Å²) in [6.07, 6.45) is 5.23. The van der Waals surface area contributed by atoms with E-state index in [-0.39, 0.29) is 0 Å². The van der Waals surface area contributed by atoms with E-state index in [1.54, 1.807) is 0 Å². The van der Waals surface area contributed by atoms with Gasteiger partial charge in [-0.2, -0.15) is 5.26 Å². The van der Waals surface area contributed by atoms with Crippen LogP contribution in [-0.2, 0) is 19.4 Å². The number of hydrogen-bond donors (Lipinski definition) is 1. The van der Waals surface area contributed by atoms with Crippen LogP contribution in [0.25, 0.3) is 0 Å². The lowest BCUT2D eigenvalue weighted by Crippen LogP contribution is -2.26. The molecule has 1 aromatic carbocycles. The minimum Gasteiger partial charge on any atom is -0.425 e. The molecule has 0 aliphatic heterocycles. The Morgan fingerprint density at radius 3 is 2.83 bits per heavy atom. The first-order valence-corrected chi connectivity index (χ1v) is 8.72. The zero-order chi connectivity index (χ0) is 16.9. The Bertz CT molecular complexity index is 731. The van der Waals surface area contributed by atoms with Crippen molar-refractivity contribution in [1.29, 1.82) is 5.26 Å². The minimum absolute atomic E-state index is 0.541. The number of hydrogen-bond acceptors (Lipinski definition) is 5. The third kappa shape index (κ3) is 4.01. The van der Waals surface area contributed by atoms with E-state index < -0.39 is 0 Å². The molecule has 5 heteroatoms. The molecule has 0 radical (unpaired) electrons. The van der Waals surface area contributed by atoms with Crippen molar-refractivity contribution in [3.8, 4) is 6.07 Å². The molecule has 0 saturated heterocycles. The van der Waals surface area contributed by atoms with Crippen molar-refractivity contribution in [3.63, 3.8) is 0 Å². The van der Waals surface area contributed by atoms with Gasteiger partial charge < -0.3 is 9.73 Å². The molecular weight excluding hydrogens is 300 g/mol. The van der Waals surface area contributed by atoms with Crippen molar-refractivity contribution in [2.24, 2.45) is 5.92 Å². The second-order valence-corrected chi connectivity index (χ2v) is 6.67. The fourth-order valence-electron chi connectivity index (χ4n) is 3.43. The van der Waals surface area contributed by atoms with Gasteiger partial charge in [-0.1, -0.05) is 19.1 Å². The maximum atomic E-state index is 9.00. The second kappa shape index (κ2) is 7.59. The van der Waals surface area contributed by atoms with Crippen LogP contribution in [0.15, 0.2) is 22.6 Å². The monoisotopic (exact) mass is 324 g/mol. The van der Waals surface area contributed by atoms with Crippen molar-refractivity contribution in [1.82, 2.24) is 15.5 Å². The van der Waals surface area contributed by atoms with Gasteiger partial charge in [0.15, 0.2) is 0 Å². The van der Waals surface area contributed by atoms with Gasteiger partial charge >= 0.3 is 0 Å². The van der Waals surface area contributed by atoms with Gasteiger partial charge in [0, 0.05) is 25.4 Å². The predicted molar refractivity (Wildman–Crippen MR) is 91.2 cm³/mol. The second-order valence-electron chi connectivity index (χ2n) is 6.67. The maximum absolute atomic E-state index is 9.00. The maximum Gasteiger partial charge on any atom is 0.216 e. The first kappa shape index (κ1) is 16.7. The van der Waals surface area contributed by atoms with Crippen molar-refractivity contribution in [3.05, 3.63) is 46.7 Å². The summed E-state index contributed by atoms with van der Waals surface area (Å²) in [6, 6.07) is 8.80. The molecule has 126 valence electrons. The fourth-order valence-corrected chi connectivity index (χ4v) is 3.43. The molecule has 1 fully saturated rings. The largest absolute Gasteiger partial charge is 0.425 e. The third-order valence-corrected chi connectivity index (χ3v) is 4.82. The molecular formula is C19H24N4O. The van der Waals surface area contributed by atoms with Crippen molar-refractivity contribution in [2.75, 3.05) is 0 Å². The number of benzene rings is 1. The Labute approximate surface area is 143 Å². The summed E-state index contributed by atoms with van der Waals surface area (Å²) in [6.45, 7) is 4.87. The highest BCUT2D eigenvalue weighted by atomic mass is 16.4. The molecule has 1 heterocycles. The van der Waals surface area contributed by atoms with Gasteiger partial charge in [-0.05, 0) is 49.3 Å². The van der Waals surface area contributed by atoms with Crippen molar-refractivity contribution in [2.45, 2.75) is 58.5 Å². The van der Waals surface area contributed by atoms with Crippen LogP contribution >= 0.6 is 0 Å². The van der Waals surface area contributed by atoms with Crippen molar-refractivity contribution < 1.29 is 4.42 Å². The molecule has 2 atom stereocenters. The molecule has 0 spiro atoms. The molecule has 3 rings (SSSR count). The summed E-state index contributed by atoms with van der Waals surface area (Å²) in [5.74, 6) is 2.13. The van der Waals surface area contributed by atoms with E-state index in [0.717, 1.165) is 48.7 Å². The van der Waals surface area contributed by atoms with Crippen LogP contribution in [0, 0.1) is 24.2 Å². The zero-order valence-electron chi connectivity index (χ0n) is 14.4. The van der Waals surface area contributed by atoms with Crippen LogP contribution in [0.5, 0.6) is 0 Å². The Hall–Kier alpha value is -2.19. The number of rotatable bonds is 6. The highest BCUT2D eigenvalue weighted by Gasteiger charge is 2.26. The van der Waals surface area contributed by atoms with Gasteiger partial charge in [-0.15, -0.1) is 10.2 Å². The Kier molecular flexibility index (Phi) is 5.27. The number of aryl methyl sites for hydroxylation is 2. The Balaban J connectivity index is 1.47. The van der Waals surface area contributed by atoms with Gasteiger partial charge in [-0.25, -0.2) is 0 Å². The first-order valence-electron chi connectivity index (χ1n) is 8.72. The molecule has 5 nitrogen and oxygen atoms in total. The summed E-state index contributed by atoms with van der Waals surface area (Å²) in [5, 5.41) is 20.8. The molecule has 0 unspecified atom stereocenters. The highest BCUT2D eigenvalue weighted by molar-refractivity contribution is 5.39. The number of nitrogens with one attached hydrogen (secondary N) is 1. The lowest BCUT2D eigenvalue weighted by atomic mass is 10.0. The SMILES string of the molecule is CCc1nnc(C[C@@H]2CC[C@H](NCc3ccc(C#N)c(C)c3)C2)o1. The van der Waals surface area contributed by atoms with Crippen LogP contribution < -0.4 is 5.32 Å². The standard InChI is InChI=1S/C19H24N4O/c1-3-18-22-23-19(24-18)10-14-5-7-17(9-14)21-12-15-4-6-16(11-20)13(2)8-15/h4,6,8,14,17,21H,3,5,7,9-10,12H2,1-2H3/t14-,17+/m1/s1. The van der Waals surface area contributed by atoms with E-state index in [0.29, 0.717) is 12.0 Å². The predicted octanol–water partition coefficient (Wildman–Crippen LogP) is 3.31. The first-order chi connectivity index (χ1) is 11.7. The van der Waals surface area contributed by atoms with Gasteiger partial charge in [-0.3, -0.25) is 0 Å². The van der Waals surface area contributed by atoms with E-state index in [9.17, 15) is 0 Å². The summed E-state index contributed by atoms with van der Waals surface area (Å²) in [4.78, 5) is 0. The molecule has 1 aromatic heterocycles. The average Bonchev–Trinajstić information content (AvgIpc) is 3.22. The molecule has 1 aliphatic rings. The molecule has 0 bridgehead atoms. The minimum atomic E-state index is 0.541. The van der Waals surface area contributed by atoms with Crippen molar-refractivity contribution >= 4 is 0 Å². The lowest BCUT2D eigenvalue weighted by molar-refractivity contribution is 0.402. The van der Waals surface area contributed by atoms with E-state index in [4.69, 9.17) is 9.68 Å². The molecule has 2 aromatic rings. The van der Waals surface area contributed by atoms with E-state index in [2.05, 4.69) is 27.6 Å². The Morgan fingerprint density at radius 2 is 2.12 bits per heavy atom. The van der Waals surface area contributed by atoms with E-state index in [1.165, 1.54) is 18.4 Å². The summed E-state index contributed by atoms with van der Waals surface area (Å²) in [5.41, 5.74) is 3.04. The van der Waals surface area contributed by atoms with Crippen LogP contribution in [0.2, 0.25) is 0 Å². The van der Waals surface area contributed by atoms with E-state index in [1.807, 2.05) is 26.0 Å². The van der Waals surface area contributed by atoms with Crippen LogP contribution in [0.3, 0.4) is 0 Å². The van der Waals surface area contributed by atoms with Crippen LogP contribution in [-0.4, -0.2) is 16.2 Å². The fraction of sp³-hybridized carbons (Fsp3) is 0.526. The van der Waals surface area contributed by atoms with Gasteiger partial charge in [0.1, 0.15) is 0 Å². The van der Waals surface area contributed by atoms with Gasteiger partial charge in [0.05, 0.1) is 11.6 Å². The van der Waals surface area contributed by atoms with Crippen LogP contribution in [0.1, 0.15) is 54.7 Å². The zero-order valence-corrected chi connectivity index (χ0v) is 14.4. The number of nitriles is 1. The van der Waals surface area contributed by atoms with E-state index >= 15 is 0 Å². The summed E-state index contributed by atoms with van der Waals surface area (Å²) in [7, 11) is 0. The smallest absolute Gasteiger partial charge is 0.216 e. The van der Waals surface area contributed by atoms with Crippen LogP contribution in [0.4, 0.5) is 0 Å². The quantitative estimate of drug-likeness (QED) is 0.882. The summed E-state index contributed by atoms with van der Waals surface area (Å²) < 4.78 is 5.63. The molecule has 1 N–H and O–H groups in total. The molecule has 0 amide bonds. The summed E-state index contributed by atoms with van der Waals surface area (Å²) >= 11 is 0. The Morgan fingerprint density at radius 1 is 1.29 bits per heavy atom. The topological polar surface area (TPSA) is 74.7 Å². The highest BCUT2D eigenvalue weighted by Crippen LogP contribution is 2.28. The molecule has 24 heavy (non-hydrogen) atoms. The number of aromatic nitrogens is 2. The molecule has 1 aliphatic carbocycles. The average molecular weight is 324 g/mol. The number of nitrogens with zero attached hydrogens (tertiary/aromatic N) is 3. The molecule has 1 saturated carbocycles. The van der Waals surface area contributed by atoms with Gasteiger partial charge in [0.2, 0.25) is 11.8 Å².